The van der Waals surface area contributed by atoms with Gasteiger partial charge in [-0.2, -0.15) is 0 Å². The van der Waals surface area contributed by atoms with Gasteiger partial charge in [-0.05, 0) is 49.2 Å². The Bertz CT molecular complexity index is 645. The molecule has 0 aliphatic carbocycles. The summed E-state index contributed by atoms with van der Waals surface area (Å²) in [4.78, 5) is 16.0. The molecule has 1 aromatic heterocycles. The summed E-state index contributed by atoms with van der Waals surface area (Å²) < 4.78 is 1.03. The van der Waals surface area contributed by atoms with Gasteiger partial charge in [0.1, 0.15) is 11.0 Å². The molecular formula is C14H13BrClN3O. The van der Waals surface area contributed by atoms with Crippen molar-refractivity contribution >= 4 is 44.9 Å². The molecule has 0 spiro atoms. The molecule has 0 atom stereocenters. The van der Waals surface area contributed by atoms with Crippen LogP contribution >= 0.6 is 27.5 Å². The maximum absolute atomic E-state index is 12.2. The van der Waals surface area contributed by atoms with Gasteiger partial charge in [0, 0.05) is 15.7 Å². The van der Waals surface area contributed by atoms with Crippen LogP contribution in [0, 0.1) is 13.8 Å². The monoisotopic (exact) mass is 353 g/mol. The Hall–Kier alpha value is -1.59. The minimum absolute atomic E-state index is 0.193. The number of pyridine rings is 1. The number of carbonyl (C=O) groups excluding carboxylic acids is 1. The predicted molar refractivity (Wildman–Crippen MR) is 85.2 cm³/mol. The molecule has 2 rings (SSSR count). The lowest BCUT2D eigenvalue weighted by molar-refractivity contribution is 0.102. The third-order valence-corrected chi connectivity index (χ3v) is 4.21. The summed E-state index contributed by atoms with van der Waals surface area (Å²) in [5, 5.41) is 3.01. The maximum atomic E-state index is 12.2. The molecule has 4 nitrogen and oxygen atoms in total. The van der Waals surface area contributed by atoms with E-state index >= 15 is 0 Å². The Morgan fingerprint density at radius 1 is 1.25 bits per heavy atom. The molecule has 0 aliphatic rings. The fourth-order valence-corrected chi connectivity index (χ4v) is 2.31. The van der Waals surface area contributed by atoms with Gasteiger partial charge < -0.3 is 11.1 Å². The topological polar surface area (TPSA) is 68.0 Å². The van der Waals surface area contributed by atoms with Gasteiger partial charge in [-0.1, -0.05) is 27.5 Å². The SMILES string of the molecule is Cc1cc(NC(=O)c2cc(N)nc(Cl)c2)cc(C)c1Br. The minimum Gasteiger partial charge on any atom is -0.384 e. The Morgan fingerprint density at radius 3 is 2.40 bits per heavy atom. The average molecular weight is 355 g/mol. The van der Waals surface area contributed by atoms with Crippen LogP contribution < -0.4 is 11.1 Å². The Labute approximate surface area is 130 Å². The van der Waals surface area contributed by atoms with Crippen molar-refractivity contribution in [3.63, 3.8) is 0 Å². The normalized spacial score (nSPS) is 10.4. The number of nitrogen functional groups attached to an aromatic ring is 1. The van der Waals surface area contributed by atoms with Gasteiger partial charge in [0.2, 0.25) is 0 Å². The molecule has 0 saturated carbocycles. The van der Waals surface area contributed by atoms with Crippen molar-refractivity contribution in [1.29, 1.82) is 0 Å². The lowest BCUT2D eigenvalue weighted by Crippen LogP contribution is -2.13. The highest BCUT2D eigenvalue weighted by atomic mass is 79.9. The summed E-state index contributed by atoms with van der Waals surface area (Å²) in [5.74, 6) is -0.0621. The summed E-state index contributed by atoms with van der Waals surface area (Å²) in [6.45, 7) is 3.93. The smallest absolute Gasteiger partial charge is 0.255 e. The van der Waals surface area contributed by atoms with Crippen LogP contribution in [-0.4, -0.2) is 10.9 Å². The summed E-state index contributed by atoms with van der Waals surface area (Å²) >= 11 is 9.28. The lowest BCUT2D eigenvalue weighted by atomic mass is 10.1. The summed E-state index contributed by atoms with van der Waals surface area (Å²) in [6.07, 6.45) is 0. The maximum Gasteiger partial charge on any atom is 0.255 e. The van der Waals surface area contributed by atoms with Crippen molar-refractivity contribution in [2.45, 2.75) is 13.8 Å². The van der Waals surface area contributed by atoms with Gasteiger partial charge in [-0.25, -0.2) is 4.98 Å². The zero-order valence-electron chi connectivity index (χ0n) is 11.0. The standard InChI is InChI=1S/C14H13BrClN3O/c1-7-3-10(4-8(2)13(7)15)18-14(20)9-5-11(16)19-12(17)6-9/h3-6H,1-2H3,(H2,17,19)(H,18,20). The molecular weight excluding hydrogens is 342 g/mol. The van der Waals surface area contributed by atoms with Crippen LogP contribution in [0.1, 0.15) is 21.5 Å². The first-order chi connectivity index (χ1) is 9.36. The van der Waals surface area contributed by atoms with Crippen LogP contribution in [0.5, 0.6) is 0 Å². The van der Waals surface area contributed by atoms with E-state index in [1.165, 1.54) is 12.1 Å². The van der Waals surface area contributed by atoms with Crippen LogP contribution in [0.3, 0.4) is 0 Å². The molecule has 1 amide bonds. The fourth-order valence-electron chi connectivity index (χ4n) is 1.87. The van der Waals surface area contributed by atoms with Crippen LogP contribution in [0.15, 0.2) is 28.7 Å². The van der Waals surface area contributed by atoms with E-state index in [2.05, 4.69) is 26.2 Å². The third kappa shape index (κ3) is 3.29. The number of nitrogens with zero attached hydrogens (tertiary/aromatic N) is 1. The van der Waals surface area contributed by atoms with Crippen LogP contribution in [0.2, 0.25) is 5.15 Å². The van der Waals surface area contributed by atoms with E-state index in [0.717, 1.165) is 21.3 Å². The zero-order chi connectivity index (χ0) is 14.9. The molecule has 0 fully saturated rings. The molecule has 0 aliphatic heterocycles. The molecule has 0 unspecified atom stereocenters. The van der Waals surface area contributed by atoms with E-state index < -0.39 is 0 Å². The second-order valence-corrected chi connectivity index (χ2v) is 5.66. The van der Waals surface area contributed by atoms with Crippen molar-refractivity contribution in [2.24, 2.45) is 0 Å². The highest BCUT2D eigenvalue weighted by Gasteiger charge is 2.10. The van der Waals surface area contributed by atoms with Crippen molar-refractivity contribution < 1.29 is 4.79 Å². The molecule has 6 heteroatoms. The average Bonchev–Trinajstić information content (AvgIpc) is 2.34. The van der Waals surface area contributed by atoms with Gasteiger partial charge in [-0.3, -0.25) is 4.79 Å². The Kier molecular flexibility index (Phi) is 4.30. The van der Waals surface area contributed by atoms with Gasteiger partial charge in [0.15, 0.2) is 0 Å². The molecule has 20 heavy (non-hydrogen) atoms. The second-order valence-electron chi connectivity index (χ2n) is 4.48. The van der Waals surface area contributed by atoms with Gasteiger partial charge in [-0.15, -0.1) is 0 Å². The van der Waals surface area contributed by atoms with E-state index in [0.29, 0.717) is 5.56 Å². The molecule has 0 bridgehead atoms. The van der Waals surface area contributed by atoms with E-state index in [1.54, 1.807) is 0 Å². The van der Waals surface area contributed by atoms with Crippen molar-refractivity contribution in [1.82, 2.24) is 4.98 Å². The second kappa shape index (κ2) is 5.81. The number of carbonyl (C=O) groups is 1. The molecule has 2 aromatic rings. The minimum atomic E-state index is -0.276. The number of halogens is 2. The van der Waals surface area contributed by atoms with E-state index in [4.69, 9.17) is 17.3 Å². The zero-order valence-corrected chi connectivity index (χ0v) is 13.3. The van der Waals surface area contributed by atoms with Crippen molar-refractivity contribution in [3.05, 3.63) is 50.6 Å². The predicted octanol–water partition coefficient (Wildman–Crippen LogP) is 3.95. The number of nitrogens with two attached hydrogens (primary N) is 1. The highest BCUT2D eigenvalue weighted by molar-refractivity contribution is 9.10. The van der Waals surface area contributed by atoms with Gasteiger partial charge >= 0.3 is 0 Å². The number of hydrogen-bond acceptors (Lipinski definition) is 3. The summed E-state index contributed by atoms with van der Waals surface area (Å²) in [5.41, 5.74) is 8.77. The fraction of sp³-hybridized carbons (Fsp3) is 0.143. The third-order valence-electron chi connectivity index (χ3n) is 2.77. The van der Waals surface area contributed by atoms with Gasteiger partial charge in [0.25, 0.3) is 5.91 Å². The number of amides is 1. The molecule has 0 saturated heterocycles. The molecule has 1 aromatic carbocycles. The molecule has 0 radical (unpaired) electrons. The first-order valence-corrected chi connectivity index (χ1v) is 7.05. The number of benzene rings is 1. The van der Waals surface area contributed by atoms with Crippen molar-refractivity contribution in [3.8, 4) is 0 Å². The van der Waals surface area contributed by atoms with Crippen LogP contribution in [-0.2, 0) is 0 Å². The number of rotatable bonds is 2. The Balaban J connectivity index is 2.28. The first kappa shape index (κ1) is 14.8. The van der Waals surface area contributed by atoms with E-state index in [-0.39, 0.29) is 16.9 Å². The van der Waals surface area contributed by atoms with E-state index in [9.17, 15) is 4.79 Å². The van der Waals surface area contributed by atoms with Crippen LogP contribution in [0.25, 0.3) is 0 Å². The Morgan fingerprint density at radius 2 is 1.85 bits per heavy atom. The highest BCUT2D eigenvalue weighted by Crippen LogP contribution is 2.25. The molecule has 1 heterocycles. The largest absolute Gasteiger partial charge is 0.384 e. The molecule has 3 N–H and O–H groups in total. The van der Waals surface area contributed by atoms with Crippen LogP contribution in [0.4, 0.5) is 11.5 Å². The van der Waals surface area contributed by atoms with Gasteiger partial charge in [0.05, 0.1) is 0 Å². The number of hydrogen-bond donors (Lipinski definition) is 2. The van der Waals surface area contributed by atoms with Crippen molar-refractivity contribution in [2.75, 3.05) is 11.1 Å². The number of anilines is 2. The van der Waals surface area contributed by atoms with E-state index in [1.807, 2.05) is 26.0 Å². The summed E-state index contributed by atoms with van der Waals surface area (Å²) in [6, 6.07) is 6.74. The number of aromatic nitrogens is 1. The summed E-state index contributed by atoms with van der Waals surface area (Å²) in [7, 11) is 0. The number of nitrogens with one attached hydrogen (secondary N) is 1. The quantitative estimate of drug-likeness (QED) is 0.802. The first-order valence-electron chi connectivity index (χ1n) is 5.88. The lowest BCUT2D eigenvalue weighted by Gasteiger charge is -2.10. The molecule has 104 valence electrons. The number of aryl methyl sites for hydroxylation is 2.